The number of hydrogen-bond donors (Lipinski definition) is 1. The Morgan fingerprint density at radius 2 is 1.90 bits per heavy atom. The summed E-state index contributed by atoms with van der Waals surface area (Å²) < 4.78 is 5.15. The molecule has 2 aliphatic rings. The lowest BCUT2D eigenvalue weighted by Gasteiger charge is -2.40. The van der Waals surface area contributed by atoms with Crippen LogP contribution >= 0.6 is 0 Å². The topological polar surface area (TPSA) is 41.6 Å². The highest BCUT2D eigenvalue weighted by Crippen LogP contribution is 2.41. The molecule has 20 heavy (non-hydrogen) atoms. The molecule has 0 aromatic heterocycles. The van der Waals surface area contributed by atoms with Crippen LogP contribution in [0, 0.1) is 11.8 Å². The Balaban J connectivity index is 2.10. The number of likely N-dealkylation sites (tertiary alicyclic amines) is 1. The summed E-state index contributed by atoms with van der Waals surface area (Å²) in [4.78, 5) is 14.9. The van der Waals surface area contributed by atoms with Crippen LogP contribution in [0.4, 0.5) is 0 Å². The predicted octanol–water partition coefficient (Wildman–Crippen LogP) is 2.04. The van der Waals surface area contributed by atoms with Gasteiger partial charge in [-0.15, -0.1) is 0 Å². The predicted molar refractivity (Wildman–Crippen MR) is 80.6 cm³/mol. The van der Waals surface area contributed by atoms with E-state index >= 15 is 0 Å². The Kier molecular flexibility index (Phi) is 5.08. The Labute approximate surface area is 123 Å². The molecule has 2 fully saturated rings. The molecule has 116 valence electrons. The number of nitrogens with zero attached hydrogens (tertiary/aromatic N) is 1. The fourth-order valence-corrected chi connectivity index (χ4v) is 3.43. The molecule has 0 bridgehead atoms. The first-order valence-electron chi connectivity index (χ1n) is 8.06. The maximum Gasteiger partial charge on any atom is 0.327 e. The lowest BCUT2D eigenvalue weighted by atomic mass is 9.89. The molecular formula is C16H30N2O2. The number of carbonyl (C=O) groups is 1. The molecule has 4 heteroatoms. The first-order valence-corrected chi connectivity index (χ1v) is 8.06. The minimum atomic E-state index is -0.497. The largest absolute Gasteiger partial charge is 0.468 e. The lowest BCUT2D eigenvalue weighted by molar-refractivity contribution is -0.151. The van der Waals surface area contributed by atoms with E-state index in [1.54, 1.807) is 0 Å². The standard InChI is InChI=1S/C16H30N2O2/c1-12(2)17-16(14-5-6-14,15(19)20-4)11-18-9-7-13(3)8-10-18/h12-14,17H,5-11H2,1-4H3. The van der Waals surface area contributed by atoms with E-state index in [1.165, 1.54) is 20.0 Å². The Morgan fingerprint density at radius 3 is 2.35 bits per heavy atom. The van der Waals surface area contributed by atoms with Crippen molar-refractivity contribution in [3.8, 4) is 0 Å². The number of carbonyl (C=O) groups excluding carboxylic acids is 1. The molecule has 1 aliphatic heterocycles. The van der Waals surface area contributed by atoms with Gasteiger partial charge in [0.25, 0.3) is 0 Å². The van der Waals surface area contributed by atoms with Gasteiger partial charge in [0.15, 0.2) is 0 Å². The fourth-order valence-electron chi connectivity index (χ4n) is 3.43. The number of piperidine rings is 1. The molecule has 4 nitrogen and oxygen atoms in total. The summed E-state index contributed by atoms with van der Waals surface area (Å²) in [6, 6.07) is 0.290. The summed E-state index contributed by atoms with van der Waals surface area (Å²) in [6.45, 7) is 9.54. The van der Waals surface area contributed by atoms with Gasteiger partial charge >= 0.3 is 5.97 Å². The molecule has 1 heterocycles. The molecule has 0 amide bonds. The lowest BCUT2D eigenvalue weighted by Crippen LogP contribution is -2.63. The third-order valence-electron chi connectivity index (χ3n) is 4.72. The highest BCUT2D eigenvalue weighted by atomic mass is 16.5. The summed E-state index contributed by atoms with van der Waals surface area (Å²) in [5, 5.41) is 3.55. The highest BCUT2D eigenvalue weighted by Gasteiger charge is 2.53. The van der Waals surface area contributed by atoms with E-state index in [1.807, 2.05) is 0 Å². The van der Waals surface area contributed by atoms with Gasteiger partial charge in [0, 0.05) is 12.6 Å². The van der Waals surface area contributed by atoms with Crippen LogP contribution < -0.4 is 5.32 Å². The van der Waals surface area contributed by atoms with Crippen LogP contribution in [0.15, 0.2) is 0 Å². The van der Waals surface area contributed by atoms with Gasteiger partial charge in [0.2, 0.25) is 0 Å². The molecule has 0 aromatic rings. The highest BCUT2D eigenvalue weighted by molar-refractivity contribution is 5.82. The average molecular weight is 282 g/mol. The zero-order valence-corrected chi connectivity index (χ0v) is 13.4. The van der Waals surface area contributed by atoms with Crippen LogP contribution in [0.25, 0.3) is 0 Å². The zero-order valence-electron chi connectivity index (χ0n) is 13.4. The number of nitrogens with one attached hydrogen (secondary N) is 1. The maximum atomic E-state index is 12.5. The van der Waals surface area contributed by atoms with E-state index in [4.69, 9.17) is 4.74 Å². The molecule has 1 saturated carbocycles. The van der Waals surface area contributed by atoms with E-state index in [0.29, 0.717) is 12.0 Å². The first-order chi connectivity index (χ1) is 9.48. The van der Waals surface area contributed by atoms with E-state index in [9.17, 15) is 4.79 Å². The van der Waals surface area contributed by atoms with Gasteiger partial charge in [0.05, 0.1) is 7.11 Å². The monoisotopic (exact) mass is 282 g/mol. The SMILES string of the molecule is COC(=O)C(CN1CCC(C)CC1)(NC(C)C)C1CC1. The van der Waals surface area contributed by atoms with Gasteiger partial charge in [-0.25, -0.2) is 4.79 Å². The summed E-state index contributed by atoms with van der Waals surface area (Å²) in [6.07, 6.45) is 4.76. The molecule has 0 aromatic carbocycles. The second-order valence-corrected chi connectivity index (χ2v) is 6.99. The van der Waals surface area contributed by atoms with Crippen LogP contribution in [0.2, 0.25) is 0 Å². The second-order valence-electron chi connectivity index (χ2n) is 6.99. The average Bonchev–Trinajstić information content (AvgIpc) is 3.23. The van der Waals surface area contributed by atoms with E-state index in [0.717, 1.165) is 38.4 Å². The molecule has 2 rings (SSSR count). The summed E-state index contributed by atoms with van der Waals surface area (Å²) in [7, 11) is 1.51. The van der Waals surface area contributed by atoms with Gasteiger partial charge in [0.1, 0.15) is 5.54 Å². The normalized spacial score (nSPS) is 24.6. The third kappa shape index (κ3) is 3.53. The molecule has 1 aliphatic carbocycles. The number of esters is 1. The van der Waals surface area contributed by atoms with Crippen LogP contribution in [-0.4, -0.2) is 49.2 Å². The van der Waals surface area contributed by atoms with Gasteiger partial charge in [-0.05, 0) is 64.5 Å². The van der Waals surface area contributed by atoms with Gasteiger partial charge in [-0.2, -0.15) is 0 Å². The quantitative estimate of drug-likeness (QED) is 0.757. The molecule has 1 unspecified atom stereocenters. The number of methoxy groups -OCH3 is 1. The molecule has 1 atom stereocenters. The molecule has 0 radical (unpaired) electrons. The number of rotatable bonds is 6. The molecule has 1 N–H and O–H groups in total. The minimum absolute atomic E-state index is 0.0766. The smallest absolute Gasteiger partial charge is 0.327 e. The van der Waals surface area contributed by atoms with E-state index in [-0.39, 0.29) is 5.97 Å². The second kappa shape index (κ2) is 6.44. The van der Waals surface area contributed by atoms with Crippen molar-refractivity contribution in [3.63, 3.8) is 0 Å². The Morgan fingerprint density at radius 1 is 1.30 bits per heavy atom. The van der Waals surface area contributed by atoms with Crippen LogP contribution in [0.1, 0.15) is 46.5 Å². The van der Waals surface area contributed by atoms with Crippen LogP contribution in [-0.2, 0) is 9.53 Å². The van der Waals surface area contributed by atoms with Crippen molar-refractivity contribution in [3.05, 3.63) is 0 Å². The Bertz CT molecular complexity index is 333. The number of hydrogen-bond acceptors (Lipinski definition) is 4. The van der Waals surface area contributed by atoms with E-state index in [2.05, 4.69) is 31.0 Å². The molecule has 0 spiro atoms. The van der Waals surface area contributed by atoms with Crippen LogP contribution in [0.3, 0.4) is 0 Å². The fraction of sp³-hybridized carbons (Fsp3) is 0.938. The minimum Gasteiger partial charge on any atom is -0.468 e. The summed E-state index contributed by atoms with van der Waals surface area (Å²) >= 11 is 0. The zero-order chi connectivity index (χ0) is 14.8. The van der Waals surface area contributed by atoms with Crippen molar-refractivity contribution >= 4 is 5.97 Å². The van der Waals surface area contributed by atoms with Crippen molar-refractivity contribution in [2.45, 2.75) is 58.0 Å². The summed E-state index contributed by atoms with van der Waals surface area (Å²) in [5.41, 5.74) is -0.497. The molecular weight excluding hydrogens is 252 g/mol. The molecule has 1 saturated heterocycles. The van der Waals surface area contributed by atoms with Gasteiger partial charge < -0.3 is 9.64 Å². The van der Waals surface area contributed by atoms with E-state index < -0.39 is 5.54 Å². The van der Waals surface area contributed by atoms with Crippen molar-refractivity contribution in [1.82, 2.24) is 10.2 Å². The number of ether oxygens (including phenoxy) is 1. The van der Waals surface area contributed by atoms with Gasteiger partial charge in [-0.3, -0.25) is 5.32 Å². The van der Waals surface area contributed by atoms with Crippen molar-refractivity contribution in [1.29, 1.82) is 0 Å². The summed E-state index contributed by atoms with van der Waals surface area (Å²) in [5.74, 6) is 1.18. The van der Waals surface area contributed by atoms with Crippen LogP contribution in [0.5, 0.6) is 0 Å². The van der Waals surface area contributed by atoms with Crippen molar-refractivity contribution < 1.29 is 9.53 Å². The first kappa shape index (κ1) is 15.8. The maximum absolute atomic E-state index is 12.5. The van der Waals surface area contributed by atoms with Crippen molar-refractivity contribution in [2.24, 2.45) is 11.8 Å². The third-order valence-corrected chi connectivity index (χ3v) is 4.72. The Hall–Kier alpha value is -0.610. The van der Waals surface area contributed by atoms with Gasteiger partial charge in [-0.1, -0.05) is 6.92 Å². The van der Waals surface area contributed by atoms with Crippen molar-refractivity contribution in [2.75, 3.05) is 26.7 Å².